The van der Waals surface area contributed by atoms with Crippen LogP contribution in [0.15, 0.2) is 0 Å². The molecule has 0 saturated carbocycles. The van der Waals surface area contributed by atoms with Crippen LogP contribution in [0.1, 0.15) is 41.0 Å². The van der Waals surface area contributed by atoms with E-state index in [9.17, 15) is 0 Å². The number of hydrogen-bond acceptors (Lipinski definition) is 2. The molecule has 2 nitrogen and oxygen atoms in total. The molecule has 1 aliphatic rings. The smallest absolute Gasteiger partial charge is 0.0700 e. The number of morpholine rings is 1. The molecular formula is C11H25NO. The Labute approximate surface area is 83.3 Å². The number of rotatable bonds is 2. The summed E-state index contributed by atoms with van der Waals surface area (Å²) < 4.78 is 5.57. The van der Waals surface area contributed by atoms with Crippen molar-refractivity contribution in [3.05, 3.63) is 0 Å². The Morgan fingerprint density at radius 1 is 1.38 bits per heavy atom. The first kappa shape index (κ1) is 12.9. The van der Waals surface area contributed by atoms with Gasteiger partial charge < -0.3 is 4.74 Å². The van der Waals surface area contributed by atoms with Gasteiger partial charge in [-0.2, -0.15) is 0 Å². The molecule has 1 saturated heterocycles. The molecule has 0 aromatic rings. The van der Waals surface area contributed by atoms with Gasteiger partial charge >= 0.3 is 0 Å². The molecule has 0 spiro atoms. The molecule has 0 aliphatic carbocycles. The Kier molecular flexibility index (Phi) is 7.29. The molecule has 13 heavy (non-hydrogen) atoms. The van der Waals surface area contributed by atoms with Gasteiger partial charge in [-0.05, 0) is 20.3 Å². The van der Waals surface area contributed by atoms with Gasteiger partial charge in [-0.1, -0.05) is 20.8 Å². The average Bonchev–Trinajstić information content (AvgIpc) is 2.21. The van der Waals surface area contributed by atoms with E-state index in [1.54, 1.807) is 0 Å². The van der Waals surface area contributed by atoms with Gasteiger partial charge in [-0.15, -0.1) is 0 Å². The van der Waals surface area contributed by atoms with Crippen LogP contribution in [0.2, 0.25) is 0 Å². The summed E-state index contributed by atoms with van der Waals surface area (Å²) >= 11 is 0. The van der Waals surface area contributed by atoms with Crippen molar-refractivity contribution in [3.8, 4) is 0 Å². The highest BCUT2D eigenvalue weighted by molar-refractivity contribution is 4.72. The van der Waals surface area contributed by atoms with Crippen molar-refractivity contribution >= 4 is 0 Å². The van der Waals surface area contributed by atoms with Gasteiger partial charge in [0, 0.05) is 19.1 Å². The Morgan fingerprint density at radius 3 is 2.46 bits per heavy atom. The van der Waals surface area contributed by atoms with Gasteiger partial charge in [0.1, 0.15) is 0 Å². The monoisotopic (exact) mass is 187 g/mol. The van der Waals surface area contributed by atoms with E-state index in [0.29, 0.717) is 12.1 Å². The van der Waals surface area contributed by atoms with E-state index in [1.807, 2.05) is 13.8 Å². The quantitative estimate of drug-likeness (QED) is 0.658. The lowest BCUT2D eigenvalue weighted by atomic mass is 10.2. The fourth-order valence-electron chi connectivity index (χ4n) is 1.46. The van der Waals surface area contributed by atoms with Gasteiger partial charge in [-0.3, -0.25) is 4.90 Å². The predicted molar refractivity (Wildman–Crippen MR) is 58.1 cm³/mol. The van der Waals surface area contributed by atoms with Crippen molar-refractivity contribution in [1.29, 1.82) is 0 Å². The zero-order valence-electron chi connectivity index (χ0n) is 9.84. The molecule has 1 unspecified atom stereocenters. The lowest BCUT2D eigenvalue weighted by Crippen LogP contribution is -2.45. The van der Waals surface area contributed by atoms with Gasteiger partial charge in [0.25, 0.3) is 0 Å². The third kappa shape index (κ3) is 4.63. The molecule has 1 rings (SSSR count). The summed E-state index contributed by atoms with van der Waals surface area (Å²) in [6.45, 7) is 13.8. The van der Waals surface area contributed by atoms with Gasteiger partial charge in [0.2, 0.25) is 0 Å². The number of nitrogens with zero attached hydrogens (tertiary/aromatic N) is 1. The average molecular weight is 187 g/mol. The minimum Gasteiger partial charge on any atom is -0.376 e. The van der Waals surface area contributed by atoms with Crippen LogP contribution in [0.3, 0.4) is 0 Å². The van der Waals surface area contributed by atoms with Crippen LogP contribution in [0.25, 0.3) is 0 Å². The van der Waals surface area contributed by atoms with Crippen molar-refractivity contribution in [1.82, 2.24) is 4.90 Å². The molecule has 0 amide bonds. The molecule has 2 heteroatoms. The summed E-state index contributed by atoms with van der Waals surface area (Å²) in [5, 5.41) is 0. The molecular weight excluding hydrogens is 162 g/mol. The van der Waals surface area contributed by atoms with Crippen LogP contribution in [0.4, 0.5) is 0 Å². The highest BCUT2D eigenvalue weighted by Gasteiger charge is 2.20. The Balaban J connectivity index is 0.000000671. The lowest BCUT2D eigenvalue weighted by molar-refractivity contribution is -0.0396. The normalized spacial score (nSPS) is 24.0. The summed E-state index contributed by atoms with van der Waals surface area (Å²) in [5.41, 5.74) is 0. The maximum atomic E-state index is 5.57. The molecule has 1 atom stereocenters. The predicted octanol–water partition coefficient (Wildman–Crippen LogP) is 2.53. The third-order valence-electron chi connectivity index (χ3n) is 2.36. The topological polar surface area (TPSA) is 12.5 Å². The molecule has 0 aromatic heterocycles. The highest BCUT2D eigenvalue weighted by Crippen LogP contribution is 2.10. The fraction of sp³-hybridized carbons (Fsp3) is 1.00. The van der Waals surface area contributed by atoms with Crippen molar-refractivity contribution in [2.75, 3.05) is 19.7 Å². The molecule has 0 aromatic carbocycles. The van der Waals surface area contributed by atoms with Gasteiger partial charge in [0.15, 0.2) is 0 Å². The highest BCUT2D eigenvalue weighted by atomic mass is 16.5. The second-order valence-corrected chi connectivity index (χ2v) is 3.49. The molecule has 0 bridgehead atoms. The van der Waals surface area contributed by atoms with Crippen molar-refractivity contribution < 1.29 is 4.74 Å². The van der Waals surface area contributed by atoms with Crippen LogP contribution in [0.5, 0.6) is 0 Å². The van der Waals surface area contributed by atoms with Crippen LogP contribution in [0, 0.1) is 0 Å². The molecule has 1 fully saturated rings. The first-order valence-corrected chi connectivity index (χ1v) is 5.59. The number of ether oxygens (including phenoxy) is 1. The first-order chi connectivity index (χ1) is 6.24. The second kappa shape index (κ2) is 7.34. The van der Waals surface area contributed by atoms with E-state index < -0.39 is 0 Å². The van der Waals surface area contributed by atoms with Gasteiger partial charge in [0.05, 0.1) is 12.7 Å². The zero-order chi connectivity index (χ0) is 10.3. The molecule has 1 aliphatic heterocycles. The van der Waals surface area contributed by atoms with Crippen molar-refractivity contribution in [3.63, 3.8) is 0 Å². The van der Waals surface area contributed by atoms with E-state index in [-0.39, 0.29) is 0 Å². The summed E-state index contributed by atoms with van der Waals surface area (Å²) in [6, 6.07) is 0.674. The van der Waals surface area contributed by atoms with E-state index >= 15 is 0 Å². The Morgan fingerprint density at radius 2 is 2.00 bits per heavy atom. The molecule has 80 valence electrons. The van der Waals surface area contributed by atoms with Crippen molar-refractivity contribution in [2.45, 2.75) is 53.2 Å². The van der Waals surface area contributed by atoms with Gasteiger partial charge in [-0.25, -0.2) is 0 Å². The van der Waals surface area contributed by atoms with E-state index in [1.165, 1.54) is 0 Å². The van der Waals surface area contributed by atoms with E-state index in [0.717, 1.165) is 26.1 Å². The van der Waals surface area contributed by atoms with Crippen molar-refractivity contribution in [2.24, 2.45) is 0 Å². The standard InChI is InChI=1S/C9H19NO.C2H6/c1-4-9-7-10(8(2)3)5-6-11-9;1-2/h8-9H,4-7H2,1-3H3;1-2H3. The molecule has 0 N–H and O–H groups in total. The Hall–Kier alpha value is -0.0800. The zero-order valence-corrected chi connectivity index (χ0v) is 9.84. The second-order valence-electron chi connectivity index (χ2n) is 3.49. The van der Waals surface area contributed by atoms with E-state index in [2.05, 4.69) is 25.7 Å². The summed E-state index contributed by atoms with van der Waals surface area (Å²) in [6.07, 6.45) is 1.62. The summed E-state index contributed by atoms with van der Waals surface area (Å²) in [7, 11) is 0. The summed E-state index contributed by atoms with van der Waals surface area (Å²) in [4.78, 5) is 2.48. The van der Waals surface area contributed by atoms with Crippen LogP contribution >= 0.6 is 0 Å². The largest absolute Gasteiger partial charge is 0.376 e. The van der Waals surface area contributed by atoms with E-state index in [4.69, 9.17) is 4.74 Å². The SMILES string of the molecule is CC.CCC1CN(C(C)C)CCO1. The fourth-order valence-corrected chi connectivity index (χ4v) is 1.46. The van der Waals surface area contributed by atoms with Crippen LogP contribution in [-0.4, -0.2) is 36.7 Å². The molecule has 1 heterocycles. The van der Waals surface area contributed by atoms with Crippen LogP contribution < -0.4 is 0 Å². The van der Waals surface area contributed by atoms with Crippen LogP contribution in [-0.2, 0) is 4.74 Å². The maximum absolute atomic E-state index is 5.57. The Bertz CT molecular complexity index is 115. The minimum atomic E-state index is 0.478. The number of hydrogen-bond donors (Lipinski definition) is 0. The third-order valence-corrected chi connectivity index (χ3v) is 2.36. The molecule has 0 radical (unpaired) electrons. The first-order valence-electron chi connectivity index (χ1n) is 5.59. The maximum Gasteiger partial charge on any atom is 0.0700 e. The lowest BCUT2D eigenvalue weighted by Gasteiger charge is -2.35. The summed E-state index contributed by atoms with van der Waals surface area (Å²) in [5.74, 6) is 0. The minimum absolute atomic E-state index is 0.478.